The van der Waals surface area contributed by atoms with Gasteiger partial charge in [0.15, 0.2) is 0 Å². The van der Waals surface area contributed by atoms with Gasteiger partial charge in [-0.3, -0.25) is 5.32 Å². The third kappa shape index (κ3) is 5.37. The third-order valence-corrected chi connectivity index (χ3v) is 3.77. The van der Waals surface area contributed by atoms with Crippen LogP contribution in [0.3, 0.4) is 0 Å². The van der Waals surface area contributed by atoms with E-state index < -0.39 is 5.54 Å². The molecule has 104 valence electrons. The van der Waals surface area contributed by atoms with Crippen molar-refractivity contribution in [1.82, 2.24) is 5.32 Å². The van der Waals surface area contributed by atoms with Gasteiger partial charge < -0.3 is 4.74 Å². The van der Waals surface area contributed by atoms with Gasteiger partial charge in [-0.1, -0.05) is 6.92 Å². The minimum atomic E-state index is -0.462. The molecule has 1 saturated carbocycles. The second kappa shape index (κ2) is 7.11. The van der Waals surface area contributed by atoms with Crippen molar-refractivity contribution in [2.24, 2.45) is 5.92 Å². The average Bonchev–Trinajstić information content (AvgIpc) is 2.31. The maximum atomic E-state index is 9.24. The van der Waals surface area contributed by atoms with Gasteiger partial charge >= 0.3 is 0 Å². The first kappa shape index (κ1) is 15.5. The highest BCUT2D eigenvalue weighted by molar-refractivity contribution is 5.04. The predicted molar refractivity (Wildman–Crippen MR) is 74.3 cm³/mol. The zero-order chi connectivity index (χ0) is 13.6. The molecule has 1 rings (SSSR count). The topological polar surface area (TPSA) is 45.0 Å². The summed E-state index contributed by atoms with van der Waals surface area (Å²) < 4.78 is 5.92. The number of nitrogens with zero attached hydrogens (tertiary/aromatic N) is 1. The summed E-state index contributed by atoms with van der Waals surface area (Å²) in [5.41, 5.74) is -0.462. The van der Waals surface area contributed by atoms with Crippen LogP contribution in [-0.2, 0) is 4.74 Å². The van der Waals surface area contributed by atoms with Crippen LogP contribution in [0.25, 0.3) is 0 Å². The maximum absolute atomic E-state index is 9.24. The van der Waals surface area contributed by atoms with Crippen LogP contribution in [0, 0.1) is 17.2 Å². The third-order valence-electron chi connectivity index (χ3n) is 3.77. The largest absolute Gasteiger partial charge is 0.378 e. The van der Waals surface area contributed by atoms with E-state index in [0.29, 0.717) is 18.8 Å². The van der Waals surface area contributed by atoms with Crippen molar-refractivity contribution in [2.45, 2.75) is 77.5 Å². The van der Waals surface area contributed by atoms with Gasteiger partial charge in [-0.15, -0.1) is 0 Å². The van der Waals surface area contributed by atoms with Gasteiger partial charge in [0, 0.05) is 19.1 Å². The monoisotopic (exact) mass is 252 g/mol. The molecule has 0 radical (unpaired) electrons. The summed E-state index contributed by atoms with van der Waals surface area (Å²) >= 11 is 0. The lowest BCUT2D eigenvalue weighted by molar-refractivity contribution is 0.0125. The van der Waals surface area contributed by atoms with E-state index in [4.69, 9.17) is 4.74 Å². The van der Waals surface area contributed by atoms with Crippen LogP contribution in [0.2, 0.25) is 0 Å². The molecule has 1 aliphatic rings. The van der Waals surface area contributed by atoms with Gasteiger partial charge in [-0.25, -0.2) is 0 Å². The summed E-state index contributed by atoms with van der Waals surface area (Å²) in [7, 11) is 0. The standard InChI is InChI=1S/C15H28N2O/c1-12(2)17-15(4,11-16)9-10-18-14-7-5-13(3)6-8-14/h12-14,17H,5-10H2,1-4H3. The van der Waals surface area contributed by atoms with Crippen LogP contribution < -0.4 is 5.32 Å². The van der Waals surface area contributed by atoms with Crippen LogP contribution in [0.4, 0.5) is 0 Å². The highest BCUT2D eigenvalue weighted by Gasteiger charge is 2.25. The zero-order valence-electron chi connectivity index (χ0n) is 12.3. The van der Waals surface area contributed by atoms with E-state index in [2.05, 4.69) is 32.2 Å². The molecule has 1 aliphatic carbocycles. The lowest BCUT2D eigenvalue weighted by atomic mass is 9.89. The number of nitriles is 1. The highest BCUT2D eigenvalue weighted by atomic mass is 16.5. The SMILES string of the molecule is CC1CCC(OCCC(C)(C#N)NC(C)C)CC1. The highest BCUT2D eigenvalue weighted by Crippen LogP contribution is 2.25. The average molecular weight is 252 g/mol. The smallest absolute Gasteiger partial charge is 0.106 e. The van der Waals surface area contributed by atoms with Crippen molar-refractivity contribution < 1.29 is 4.74 Å². The molecule has 0 aromatic heterocycles. The molecule has 0 aliphatic heterocycles. The minimum Gasteiger partial charge on any atom is -0.378 e. The molecule has 0 amide bonds. The Kier molecular flexibility index (Phi) is 6.11. The fraction of sp³-hybridized carbons (Fsp3) is 0.933. The van der Waals surface area contributed by atoms with Gasteiger partial charge in [0.1, 0.15) is 5.54 Å². The first-order valence-electron chi connectivity index (χ1n) is 7.26. The van der Waals surface area contributed by atoms with E-state index in [0.717, 1.165) is 12.3 Å². The second-order valence-electron chi connectivity index (χ2n) is 6.25. The fourth-order valence-electron chi connectivity index (χ4n) is 2.62. The van der Waals surface area contributed by atoms with Crippen molar-refractivity contribution >= 4 is 0 Å². The quantitative estimate of drug-likeness (QED) is 0.789. The Labute approximate surface area is 112 Å². The van der Waals surface area contributed by atoms with Crippen molar-refractivity contribution in [3.63, 3.8) is 0 Å². The summed E-state index contributed by atoms with van der Waals surface area (Å²) in [6.45, 7) is 9.09. The van der Waals surface area contributed by atoms with E-state index in [-0.39, 0.29) is 0 Å². The molecular formula is C15H28N2O. The second-order valence-corrected chi connectivity index (χ2v) is 6.25. The number of hydrogen-bond donors (Lipinski definition) is 1. The molecule has 0 aromatic carbocycles. The van der Waals surface area contributed by atoms with E-state index in [1.54, 1.807) is 0 Å². The number of hydrogen-bond acceptors (Lipinski definition) is 3. The summed E-state index contributed by atoms with van der Waals surface area (Å²) in [5, 5.41) is 12.5. The summed E-state index contributed by atoms with van der Waals surface area (Å²) in [6, 6.07) is 2.69. The number of rotatable bonds is 6. The van der Waals surface area contributed by atoms with Crippen LogP contribution in [0.15, 0.2) is 0 Å². The van der Waals surface area contributed by atoms with E-state index in [1.165, 1.54) is 25.7 Å². The molecule has 0 spiro atoms. The van der Waals surface area contributed by atoms with Crippen molar-refractivity contribution in [3.05, 3.63) is 0 Å². The normalized spacial score (nSPS) is 27.8. The van der Waals surface area contributed by atoms with Gasteiger partial charge in [-0.05, 0) is 52.4 Å². The van der Waals surface area contributed by atoms with Crippen LogP contribution in [0.1, 0.15) is 59.8 Å². The van der Waals surface area contributed by atoms with Gasteiger partial charge in [0.05, 0.1) is 12.2 Å². The lowest BCUT2D eigenvalue weighted by Crippen LogP contribution is -2.46. The van der Waals surface area contributed by atoms with Crippen LogP contribution in [-0.4, -0.2) is 24.3 Å². The Balaban J connectivity index is 2.25. The molecule has 1 fully saturated rings. The first-order chi connectivity index (χ1) is 8.45. The Bertz CT molecular complexity index is 277. The molecule has 0 saturated heterocycles. The van der Waals surface area contributed by atoms with Gasteiger partial charge in [0.2, 0.25) is 0 Å². The Morgan fingerprint density at radius 2 is 1.94 bits per heavy atom. The van der Waals surface area contributed by atoms with Crippen molar-refractivity contribution in [2.75, 3.05) is 6.61 Å². The van der Waals surface area contributed by atoms with E-state index in [1.807, 2.05) is 6.92 Å². The molecule has 3 nitrogen and oxygen atoms in total. The number of ether oxygens (including phenoxy) is 1. The zero-order valence-corrected chi connectivity index (χ0v) is 12.3. The van der Waals surface area contributed by atoms with Crippen molar-refractivity contribution in [1.29, 1.82) is 5.26 Å². The number of nitrogens with one attached hydrogen (secondary N) is 1. The van der Waals surface area contributed by atoms with Crippen molar-refractivity contribution in [3.8, 4) is 6.07 Å². The summed E-state index contributed by atoms with van der Waals surface area (Å²) in [4.78, 5) is 0. The Morgan fingerprint density at radius 3 is 2.44 bits per heavy atom. The first-order valence-corrected chi connectivity index (χ1v) is 7.26. The van der Waals surface area contributed by atoms with Crippen LogP contribution in [0.5, 0.6) is 0 Å². The molecule has 0 bridgehead atoms. The lowest BCUT2D eigenvalue weighted by Gasteiger charge is -2.29. The molecule has 1 unspecified atom stereocenters. The molecule has 3 heteroatoms. The molecule has 0 heterocycles. The predicted octanol–water partition coefficient (Wildman–Crippen LogP) is 3.25. The van der Waals surface area contributed by atoms with Gasteiger partial charge in [-0.2, -0.15) is 5.26 Å². The van der Waals surface area contributed by atoms with Gasteiger partial charge in [0.25, 0.3) is 0 Å². The molecule has 1 atom stereocenters. The summed E-state index contributed by atoms with van der Waals surface area (Å²) in [5.74, 6) is 0.858. The van der Waals surface area contributed by atoms with Crippen LogP contribution >= 0.6 is 0 Å². The molecule has 1 N–H and O–H groups in total. The molecule has 18 heavy (non-hydrogen) atoms. The van der Waals surface area contributed by atoms with E-state index in [9.17, 15) is 5.26 Å². The maximum Gasteiger partial charge on any atom is 0.106 e. The Hall–Kier alpha value is -0.590. The molecular weight excluding hydrogens is 224 g/mol. The fourth-order valence-corrected chi connectivity index (χ4v) is 2.62. The molecule has 0 aromatic rings. The summed E-state index contributed by atoms with van der Waals surface area (Å²) in [6.07, 6.45) is 6.11. The minimum absolute atomic E-state index is 0.324. The Morgan fingerprint density at radius 1 is 1.33 bits per heavy atom. The van der Waals surface area contributed by atoms with E-state index >= 15 is 0 Å².